The Kier molecular flexibility index (Phi) is 4.08. The molecule has 2 heterocycles. The second-order valence-electron chi connectivity index (χ2n) is 5.68. The molecule has 0 amide bonds. The zero-order valence-electron chi connectivity index (χ0n) is 13.9. The summed E-state index contributed by atoms with van der Waals surface area (Å²) in [7, 11) is 1.64. The van der Waals surface area contributed by atoms with Crippen LogP contribution in [0.4, 0.5) is 0 Å². The van der Waals surface area contributed by atoms with Gasteiger partial charge in [0.15, 0.2) is 6.29 Å². The average Bonchev–Trinajstić information content (AvgIpc) is 2.91. The van der Waals surface area contributed by atoms with E-state index in [1.807, 2.05) is 44.2 Å². The van der Waals surface area contributed by atoms with Gasteiger partial charge in [-0.3, -0.25) is 14.5 Å². The Morgan fingerprint density at radius 2 is 2.00 bits per heavy atom. The number of aldehydes is 1. The number of aromatic nitrogens is 2. The standard InChI is InChI=1S/C19H19N3O2/c1-12-7-8-21-16(9-12)19-15(10-22(20)17(19)11-23)14-5-4-6-18(24-3)13(14)2/h4-11H,20H2,1-3H3. The molecule has 0 radical (unpaired) electrons. The zero-order valence-corrected chi connectivity index (χ0v) is 13.9. The minimum atomic E-state index is 0.394. The third kappa shape index (κ3) is 2.54. The fraction of sp³-hybridized carbons (Fsp3) is 0.158. The summed E-state index contributed by atoms with van der Waals surface area (Å²) >= 11 is 0. The summed E-state index contributed by atoms with van der Waals surface area (Å²) < 4.78 is 6.76. The quantitative estimate of drug-likeness (QED) is 0.591. The third-order valence-electron chi connectivity index (χ3n) is 4.15. The van der Waals surface area contributed by atoms with Crippen LogP contribution in [0.25, 0.3) is 22.4 Å². The predicted octanol–water partition coefficient (Wildman–Crippen LogP) is 3.37. The van der Waals surface area contributed by atoms with Gasteiger partial charge in [0, 0.05) is 23.5 Å². The van der Waals surface area contributed by atoms with Crippen molar-refractivity contribution in [1.82, 2.24) is 9.66 Å². The normalized spacial score (nSPS) is 10.6. The minimum absolute atomic E-state index is 0.394. The molecule has 0 atom stereocenters. The summed E-state index contributed by atoms with van der Waals surface area (Å²) in [6.45, 7) is 3.97. The highest BCUT2D eigenvalue weighted by Gasteiger charge is 2.20. The number of nitrogens with zero attached hydrogens (tertiary/aromatic N) is 2. The number of nitrogens with two attached hydrogens (primary N) is 1. The topological polar surface area (TPSA) is 70.1 Å². The van der Waals surface area contributed by atoms with Crippen LogP contribution in [0.15, 0.2) is 42.7 Å². The molecule has 5 nitrogen and oxygen atoms in total. The van der Waals surface area contributed by atoms with E-state index in [9.17, 15) is 4.79 Å². The molecule has 2 aromatic heterocycles. The van der Waals surface area contributed by atoms with Crippen molar-refractivity contribution in [3.05, 3.63) is 59.5 Å². The van der Waals surface area contributed by atoms with Gasteiger partial charge in [-0.05, 0) is 48.7 Å². The van der Waals surface area contributed by atoms with Crippen LogP contribution in [0, 0.1) is 13.8 Å². The molecule has 0 aliphatic heterocycles. The van der Waals surface area contributed by atoms with Gasteiger partial charge in [0.05, 0.1) is 12.8 Å². The van der Waals surface area contributed by atoms with E-state index < -0.39 is 0 Å². The van der Waals surface area contributed by atoms with Gasteiger partial charge in [0.25, 0.3) is 0 Å². The summed E-state index contributed by atoms with van der Waals surface area (Å²) in [5.74, 6) is 6.80. The number of carbonyl (C=O) groups is 1. The van der Waals surface area contributed by atoms with Crippen molar-refractivity contribution in [3.8, 4) is 28.1 Å². The van der Waals surface area contributed by atoms with Gasteiger partial charge in [-0.15, -0.1) is 0 Å². The predicted molar refractivity (Wildman–Crippen MR) is 94.7 cm³/mol. The van der Waals surface area contributed by atoms with Crippen LogP contribution in [0.2, 0.25) is 0 Å². The summed E-state index contributed by atoms with van der Waals surface area (Å²) in [6, 6.07) is 9.68. The van der Waals surface area contributed by atoms with Gasteiger partial charge in [0.2, 0.25) is 0 Å². The molecule has 5 heteroatoms. The van der Waals surface area contributed by atoms with E-state index in [2.05, 4.69) is 4.98 Å². The molecule has 0 saturated heterocycles. The first-order chi connectivity index (χ1) is 11.6. The van der Waals surface area contributed by atoms with Crippen LogP contribution in [-0.2, 0) is 0 Å². The highest BCUT2D eigenvalue weighted by molar-refractivity contribution is 5.95. The highest BCUT2D eigenvalue weighted by Crippen LogP contribution is 2.38. The minimum Gasteiger partial charge on any atom is -0.496 e. The smallest absolute Gasteiger partial charge is 0.169 e. The molecular weight excluding hydrogens is 302 g/mol. The lowest BCUT2D eigenvalue weighted by molar-refractivity contribution is 0.111. The Hall–Kier alpha value is -3.08. The number of aryl methyl sites for hydroxylation is 1. The Morgan fingerprint density at radius 3 is 2.67 bits per heavy atom. The first-order valence-electron chi connectivity index (χ1n) is 7.59. The van der Waals surface area contributed by atoms with E-state index in [0.29, 0.717) is 5.69 Å². The number of hydrogen-bond donors (Lipinski definition) is 1. The zero-order chi connectivity index (χ0) is 17.3. The van der Waals surface area contributed by atoms with E-state index in [4.69, 9.17) is 10.6 Å². The first kappa shape index (κ1) is 15.8. The van der Waals surface area contributed by atoms with Crippen molar-refractivity contribution in [2.45, 2.75) is 13.8 Å². The van der Waals surface area contributed by atoms with Crippen molar-refractivity contribution in [3.63, 3.8) is 0 Å². The van der Waals surface area contributed by atoms with Crippen LogP contribution in [0.3, 0.4) is 0 Å². The maximum Gasteiger partial charge on any atom is 0.169 e. The number of hydrogen-bond acceptors (Lipinski definition) is 4. The Morgan fingerprint density at radius 1 is 1.21 bits per heavy atom. The summed E-state index contributed by atoms with van der Waals surface area (Å²) in [5, 5.41) is 0. The molecule has 0 fully saturated rings. The second-order valence-corrected chi connectivity index (χ2v) is 5.68. The molecule has 3 rings (SSSR count). The largest absolute Gasteiger partial charge is 0.496 e. The van der Waals surface area contributed by atoms with Crippen molar-refractivity contribution in [2.24, 2.45) is 0 Å². The van der Waals surface area contributed by atoms with Gasteiger partial charge in [-0.25, -0.2) is 0 Å². The third-order valence-corrected chi connectivity index (χ3v) is 4.15. The summed E-state index contributed by atoms with van der Waals surface area (Å²) in [4.78, 5) is 16.0. The Balaban J connectivity index is 2.33. The molecule has 2 N–H and O–H groups in total. The van der Waals surface area contributed by atoms with Crippen LogP contribution < -0.4 is 10.6 Å². The lowest BCUT2D eigenvalue weighted by Gasteiger charge is -2.11. The summed E-state index contributed by atoms with van der Waals surface area (Å²) in [5.41, 5.74) is 5.71. The molecular formula is C19H19N3O2. The monoisotopic (exact) mass is 321 g/mol. The fourth-order valence-electron chi connectivity index (χ4n) is 2.93. The number of pyridine rings is 1. The molecule has 0 aliphatic carbocycles. The molecule has 3 aromatic rings. The Bertz CT molecular complexity index is 913. The van der Waals surface area contributed by atoms with Crippen LogP contribution in [-0.4, -0.2) is 23.1 Å². The maximum absolute atomic E-state index is 11.6. The van der Waals surface area contributed by atoms with Gasteiger partial charge in [-0.1, -0.05) is 12.1 Å². The number of benzene rings is 1. The van der Waals surface area contributed by atoms with Crippen molar-refractivity contribution in [1.29, 1.82) is 0 Å². The SMILES string of the molecule is COc1cccc(-c2cn(N)c(C=O)c2-c2cc(C)ccn2)c1C. The lowest BCUT2D eigenvalue weighted by atomic mass is 9.96. The molecule has 0 unspecified atom stereocenters. The second kappa shape index (κ2) is 6.20. The summed E-state index contributed by atoms with van der Waals surface area (Å²) in [6.07, 6.45) is 4.25. The number of rotatable bonds is 4. The van der Waals surface area contributed by atoms with E-state index in [0.717, 1.165) is 45.5 Å². The molecule has 1 aromatic carbocycles. The number of ether oxygens (including phenoxy) is 1. The molecule has 0 bridgehead atoms. The number of methoxy groups -OCH3 is 1. The van der Waals surface area contributed by atoms with E-state index in [-0.39, 0.29) is 0 Å². The first-order valence-corrected chi connectivity index (χ1v) is 7.59. The van der Waals surface area contributed by atoms with E-state index >= 15 is 0 Å². The Labute approximate surface area is 140 Å². The van der Waals surface area contributed by atoms with Crippen LogP contribution >= 0.6 is 0 Å². The number of carbonyl (C=O) groups excluding carboxylic acids is 1. The van der Waals surface area contributed by atoms with E-state index in [1.54, 1.807) is 19.5 Å². The van der Waals surface area contributed by atoms with Gasteiger partial charge in [-0.2, -0.15) is 0 Å². The molecule has 0 spiro atoms. The van der Waals surface area contributed by atoms with Gasteiger partial charge in [0.1, 0.15) is 11.4 Å². The molecule has 0 aliphatic rings. The average molecular weight is 321 g/mol. The molecule has 0 saturated carbocycles. The van der Waals surface area contributed by atoms with Gasteiger partial charge < -0.3 is 10.6 Å². The highest BCUT2D eigenvalue weighted by atomic mass is 16.5. The number of nitrogen functional groups attached to an aromatic ring is 1. The van der Waals surface area contributed by atoms with E-state index in [1.165, 1.54) is 4.68 Å². The van der Waals surface area contributed by atoms with Crippen molar-refractivity contribution >= 4 is 6.29 Å². The maximum atomic E-state index is 11.6. The molecule has 122 valence electrons. The van der Waals surface area contributed by atoms with Gasteiger partial charge >= 0.3 is 0 Å². The lowest BCUT2D eigenvalue weighted by Crippen LogP contribution is -2.10. The fourth-order valence-corrected chi connectivity index (χ4v) is 2.93. The van der Waals surface area contributed by atoms with Crippen LogP contribution in [0.1, 0.15) is 21.6 Å². The van der Waals surface area contributed by atoms with Crippen LogP contribution in [0.5, 0.6) is 5.75 Å². The van der Waals surface area contributed by atoms with Crippen molar-refractivity contribution in [2.75, 3.05) is 13.0 Å². The molecule has 24 heavy (non-hydrogen) atoms. The van der Waals surface area contributed by atoms with Crippen molar-refractivity contribution < 1.29 is 9.53 Å².